The molecule has 0 radical (unpaired) electrons. The lowest BCUT2D eigenvalue weighted by atomic mass is 9.83. The van der Waals surface area contributed by atoms with Crippen LogP contribution in [-0.2, 0) is 12.5 Å². The molecule has 0 aliphatic carbocycles. The van der Waals surface area contributed by atoms with Gasteiger partial charge in [0.15, 0.2) is 0 Å². The maximum atomic E-state index is 5.83. The van der Waals surface area contributed by atoms with Crippen molar-refractivity contribution in [1.29, 1.82) is 0 Å². The molecule has 0 saturated heterocycles. The van der Waals surface area contributed by atoms with Gasteiger partial charge in [0.05, 0.1) is 0 Å². The third kappa shape index (κ3) is 1.55. The molecule has 2 heteroatoms. The Kier molecular flexibility index (Phi) is 2.31. The van der Waals surface area contributed by atoms with Crippen LogP contribution >= 0.6 is 0 Å². The number of hydrogen-bond donors (Lipinski definition) is 1. The number of rotatable bonds is 2. The van der Waals surface area contributed by atoms with Gasteiger partial charge in [-0.2, -0.15) is 0 Å². The van der Waals surface area contributed by atoms with Crippen molar-refractivity contribution in [3.63, 3.8) is 0 Å². The molecule has 0 atom stereocenters. The molecule has 0 bridgehead atoms. The molecule has 0 unspecified atom stereocenters. The summed E-state index contributed by atoms with van der Waals surface area (Å²) in [6, 6.07) is 8.60. The largest absolute Gasteiger partial charge is 0.351 e. The van der Waals surface area contributed by atoms with E-state index >= 15 is 0 Å². The van der Waals surface area contributed by atoms with Crippen LogP contribution in [0.5, 0.6) is 0 Å². The zero-order chi connectivity index (χ0) is 11.1. The molecule has 2 N–H and O–H groups in total. The van der Waals surface area contributed by atoms with Gasteiger partial charge in [-0.25, -0.2) is 0 Å². The normalized spacial score (nSPS) is 12.3. The summed E-state index contributed by atoms with van der Waals surface area (Å²) >= 11 is 0. The highest BCUT2D eigenvalue weighted by molar-refractivity contribution is 5.84. The molecule has 1 aromatic heterocycles. The van der Waals surface area contributed by atoms with Gasteiger partial charge >= 0.3 is 0 Å². The van der Waals surface area contributed by atoms with Crippen LogP contribution < -0.4 is 5.73 Å². The Morgan fingerprint density at radius 1 is 1.27 bits per heavy atom. The molecular formula is C13H18N2. The van der Waals surface area contributed by atoms with Crippen LogP contribution in [0.2, 0.25) is 0 Å². The van der Waals surface area contributed by atoms with E-state index in [0.29, 0.717) is 6.54 Å². The summed E-state index contributed by atoms with van der Waals surface area (Å²) in [7, 11) is 2.07. The van der Waals surface area contributed by atoms with E-state index in [0.717, 1.165) is 0 Å². The first-order valence-electron chi connectivity index (χ1n) is 5.31. The van der Waals surface area contributed by atoms with Crippen LogP contribution in [0.25, 0.3) is 10.9 Å². The fourth-order valence-electron chi connectivity index (χ4n) is 2.00. The van der Waals surface area contributed by atoms with E-state index in [1.165, 1.54) is 16.5 Å². The average molecular weight is 202 g/mol. The molecule has 0 fully saturated rings. The number of nitrogens with zero attached hydrogens (tertiary/aromatic N) is 1. The minimum Gasteiger partial charge on any atom is -0.351 e. The third-order valence-electron chi connectivity index (χ3n) is 3.17. The van der Waals surface area contributed by atoms with Crippen LogP contribution in [-0.4, -0.2) is 11.1 Å². The van der Waals surface area contributed by atoms with Crippen molar-refractivity contribution >= 4 is 10.9 Å². The second-order valence-electron chi connectivity index (χ2n) is 4.75. The minimum atomic E-state index is 0.0425. The van der Waals surface area contributed by atoms with E-state index in [-0.39, 0.29) is 5.41 Å². The van der Waals surface area contributed by atoms with Gasteiger partial charge in [-0.3, -0.25) is 0 Å². The number of nitrogens with two attached hydrogens (primary N) is 1. The van der Waals surface area contributed by atoms with Gasteiger partial charge in [-0.15, -0.1) is 0 Å². The van der Waals surface area contributed by atoms with Crippen LogP contribution in [0.15, 0.2) is 30.5 Å². The van der Waals surface area contributed by atoms with Crippen molar-refractivity contribution in [1.82, 2.24) is 4.57 Å². The van der Waals surface area contributed by atoms with Crippen LogP contribution in [0.4, 0.5) is 0 Å². The second kappa shape index (κ2) is 3.38. The van der Waals surface area contributed by atoms with Gasteiger partial charge in [0, 0.05) is 36.1 Å². The smallest absolute Gasteiger partial charge is 0.0480 e. The van der Waals surface area contributed by atoms with Crippen LogP contribution in [0, 0.1) is 0 Å². The minimum absolute atomic E-state index is 0.0425. The molecule has 0 aliphatic rings. The summed E-state index contributed by atoms with van der Waals surface area (Å²) in [5.41, 5.74) is 8.48. The quantitative estimate of drug-likeness (QED) is 0.796. The van der Waals surface area contributed by atoms with Crippen molar-refractivity contribution in [2.75, 3.05) is 6.54 Å². The summed E-state index contributed by atoms with van der Waals surface area (Å²) in [6.45, 7) is 5.05. The van der Waals surface area contributed by atoms with E-state index in [1.807, 2.05) is 0 Å². The summed E-state index contributed by atoms with van der Waals surface area (Å²) in [6.07, 6.45) is 2.10. The molecule has 80 valence electrons. The third-order valence-corrected chi connectivity index (χ3v) is 3.17. The standard InChI is InChI=1S/C13H18N2/c1-13(2,9-14)11-5-4-6-12-10(11)7-8-15(12)3/h4-8H,9,14H2,1-3H3. The molecule has 15 heavy (non-hydrogen) atoms. The Bertz CT molecular complexity index is 480. The van der Waals surface area contributed by atoms with Crippen molar-refractivity contribution in [2.24, 2.45) is 12.8 Å². The fraction of sp³-hybridized carbons (Fsp3) is 0.385. The van der Waals surface area contributed by atoms with E-state index < -0.39 is 0 Å². The zero-order valence-corrected chi connectivity index (χ0v) is 9.62. The topological polar surface area (TPSA) is 30.9 Å². The van der Waals surface area contributed by atoms with E-state index in [2.05, 4.69) is 55.9 Å². The summed E-state index contributed by atoms with van der Waals surface area (Å²) in [5.74, 6) is 0. The Hall–Kier alpha value is -1.28. The number of aryl methyl sites for hydroxylation is 1. The van der Waals surface area contributed by atoms with Gasteiger partial charge in [0.2, 0.25) is 0 Å². The number of fused-ring (bicyclic) bond motifs is 1. The SMILES string of the molecule is Cn1ccc2c(C(C)(C)CN)cccc21. The molecule has 1 aromatic carbocycles. The molecule has 0 saturated carbocycles. The molecule has 1 heterocycles. The van der Waals surface area contributed by atoms with Gasteiger partial charge in [0.25, 0.3) is 0 Å². The van der Waals surface area contributed by atoms with E-state index in [9.17, 15) is 0 Å². The number of hydrogen-bond acceptors (Lipinski definition) is 1. The summed E-state index contributed by atoms with van der Waals surface area (Å²) in [4.78, 5) is 0. The molecule has 2 nitrogen and oxygen atoms in total. The van der Waals surface area contributed by atoms with Crippen molar-refractivity contribution in [3.8, 4) is 0 Å². The molecule has 0 amide bonds. The molecule has 2 rings (SSSR count). The van der Waals surface area contributed by atoms with Crippen LogP contribution in [0.1, 0.15) is 19.4 Å². The van der Waals surface area contributed by atoms with Crippen molar-refractivity contribution in [3.05, 3.63) is 36.0 Å². The average Bonchev–Trinajstić information content (AvgIpc) is 2.60. The lowest BCUT2D eigenvalue weighted by Crippen LogP contribution is -2.28. The number of aromatic nitrogens is 1. The molecule has 0 aliphatic heterocycles. The zero-order valence-electron chi connectivity index (χ0n) is 9.62. The number of benzene rings is 1. The lowest BCUT2D eigenvalue weighted by molar-refractivity contribution is 0.544. The highest BCUT2D eigenvalue weighted by atomic mass is 14.9. The monoisotopic (exact) mass is 202 g/mol. The highest BCUT2D eigenvalue weighted by Gasteiger charge is 2.21. The van der Waals surface area contributed by atoms with Gasteiger partial charge < -0.3 is 10.3 Å². The maximum absolute atomic E-state index is 5.83. The first-order valence-corrected chi connectivity index (χ1v) is 5.31. The highest BCUT2D eigenvalue weighted by Crippen LogP contribution is 2.29. The molecule has 2 aromatic rings. The maximum Gasteiger partial charge on any atom is 0.0480 e. The Balaban J connectivity index is 2.71. The van der Waals surface area contributed by atoms with Gasteiger partial charge in [0.1, 0.15) is 0 Å². The molecule has 0 spiro atoms. The molecular weight excluding hydrogens is 184 g/mol. The lowest BCUT2D eigenvalue weighted by Gasteiger charge is -2.24. The predicted molar refractivity (Wildman–Crippen MR) is 65.0 cm³/mol. The van der Waals surface area contributed by atoms with Crippen molar-refractivity contribution in [2.45, 2.75) is 19.3 Å². The predicted octanol–water partition coefficient (Wildman–Crippen LogP) is 2.41. The second-order valence-corrected chi connectivity index (χ2v) is 4.75. The first-order chi connectivity index (χ1) is 7.06. The summed E-state index contributed by atoms with van der Waals surface area (Å²) in [5, 5.41) is 1.32. The Labute approximate surface area is 90.7 Å². The Morgan fingerprint density at radius 2 is 2.00 bits per heavy atom. The van der Waals surface area contributed by atoms with E-state index in [4.69, 9.17) is 5.73 Å². The van der Waals surface area contributed by atoms with Gasteiger partial charge in [-0.1, -0.05) is 26.0 Å². The van der Waals surface area contributed by atoms with Crippen LogP contribution in [0.3, 0.4) is 0 Å². The Morgan fingerprint density at radius 3 is 2.67 bits per heavy atom. The summed E-state index contributed by atoms with van der Waals surface area (Å²) < 4.78 is 2.14. The van der Waals surface area contributed by atoms with E-state index in [1.54, 1.807) is 0 Å². The van der Waals surface area contributed by atoms with Gasteiger partial charge in [-0.05, 0) is 17.7 Å². The first kappa shape index (κ1) is 10.2. The van der Waals surface area contributed by atoms with Crippen molar-refractivity contribution < 1.29 is 0 Å². The fourth-order valence-corrected chi connectivity index (χ4v) is 2.00.